The van der Waals surface area contributed by atoms with E-state index in [0.717, 1.165) is 5.92 Å². The van der Waals surface area contributed by atoms with E-state index in [1.165, 1.54) is 36.4 Å². The first-order chi connectivity index (χ1) is 6.27. The molecule has 2 heteroatoms. The quantitative estimate of drug-likeness (QED) is 0.726. The van der Waals surface area contributed by atoms with Crippen LogP contribution in [-0.2, 0) is 0 Å². The van der Waals surface area contributed by atoms with Crippen LogP contribution in [0.2, 0.25) is 0 Å². The minimum Gasteiger partial charge on any atom is -0.317 e. The van der Waals surface area contributed by atoms with Crippen molar-refractivity contribution in [3.05, 3.63) is 21.4 Å². The van der Waals surface area contributed by atoms with E-state index in [2.05, 4.69) is 25.2 Å². The summed E-state index contributed by atoms with van der Waals surface area (Å²) in [6.45, 7) is 6.84. The van der Waals surface area contributed by atoms with Crippen molar-refractivity contribution in [2.24, 2.45) is 0 Å². The molecule has 1 fully saturated rings. The lowest BCUT2D eigenvalue weighted by atomic mass is 9.96. The summed E-state index contributed by atoms with van der Waals surface area (Å²) in [5.74, 6) is 0.832. The van der Waals surface area contributed by atoms with Gasteiger partial charge in [0.1, 0.15) is 0 Å². The molecule has 1 saturated heterocycles. The van der Waals surface area contributed by atoms with E-state index in [-0.39, 0.29) is 0 Å². The van der Waals surface area contributed by atoms with Crippen LogP contribution in [0.3, 0.4) is 0 Å². The molecule has 1 aliphatic heterocycles. The fourth-order valence-electron chi connectivity index (χ4n) is 1.91. The molecule has 0 aromatic carbocycles. The lowest BCUT2D eigenvalue weighted by molar-refractivity contribution is 0.465. The molecule has 1 aromatic rings. The third-order valence-corrected chi connectivity index (χ3v) is 4.24. The van der Waals surface area contributed by atoms with Crippen LogP contribution in [0.1, 0.15) is 34.1 Å². The summed E-state index contributed by atoms with van der Waals surface area (Å²) in [6, 6.07) is 2.38. The molecule has 0 bridgehead atoms. The highest BCUT2D eigenvalue weighted by molar-refractivity contribution is 7.12. The molecule has 0 unspecified atom stereocenters. The van der Waals surface area contributed by atoms with Gasteiger partial charge in [-0.1, -0.05) is 0 Å². The van der Waals surface area contributed by atoms with Crippen molar-refractivity contribution < 1.29 is 0 Å². The molecule has 1 aliphatic rings. The number of hydrogen-bond acceptors (Lipinski definition) is 2. The SMILES string of the molecule is Cc1cc(C2CCNCC2)sc1C. The van der Waals surface area contributed by atoms with Gasteiger partial charge in [-0.15, -0.1) is 11.3 Å². The third kappa shape index (κ3) is 1.94. The molecule has 0 aliphatic carbocycles. The molecule has 2 rings (SSSR count). The summed E-state index contributed by atoms with van der Waals surface area (Å²) in [4.78, 5) is 3.10. The molecule has 0 saturated carbocycles. The third-order valence-electron chi connectivity index (χ3n) is 2.93. The average Bonchev–Trinajstić information content (AvgIpc) is 2.49. The van der Waals surface area contributed by atoms with Crippen LogP contribution >= 0.6 is 11.3 Å². The Morgan fingerprint density at radius 1 is 1.31 bits per heavy atom. The molecular weight excluding hydrogens is 178 g/mol. The minimum atomic E-state index is 0.832. The van der Waals surface area contributed by atoms with Crippen molar-refractivity contribution in [1.29, 1.82) is 0 Å². The van der Waals surface area contributed by atoms with Gasteiger partial charge in [0.15, 0.2) is 0 Å². The van der Waals surface area contributed by atoms with Crippen LogP contribution < -0.4 is 5.32 Å². The van der Waals surface area contributed by atoms with Crippen LogP contribution in [0, 0.1) is 13.8 Å². The highest BCUT2D eigenvalue weighted by Gasteiger charge is 2.17. The van der Waals surface area contributed by atoms with Crippen molar-refractivity contribution in [2.75, 3.05) is 13.1 Å². The molecule has 72 valence electrons. The average molecular weight is 195 g/mol. The zero-order valence-electron chi connectivity index (χ0n) is 8.39. The summed E-state index contributed by atoms with van der Waals surface area (Å²) in [7, 11) is 0. The number of thiophene rings is 1. The maximum Gasteiger partial charge on any atom is 0.00827 e. The molecule has 1 aromatic heterocycles. The van der Waals surface area contributed by atoms with Crippen LogP contribution in [0.5, 0.6) is 0 Å². The van der Waals surface area contributed by atoms with E-state index in [0.29, 0.717) is 0 Å². The van der Waals surface area contributed by atoms with Crippen molar-refractivity contribution in [3.8, 4) is 0 Å². The van der Waals surface area contributed by atoms with Crippen LogP contribution in [0.25, 0.3) is 0 Å². The van der Waals surface area contributed by atoms with Gasteiger partial charge in [0.2, 0.25) is 0 Å². The first kappa shape index (κ1) is 9.22. The van der Waals surface area contributed by atoms with Crippen molar-refractivity contribution >= 4 is 11.3 Å². The Kier molecular flexibility index (Phi) is 2.70. The lowest BCUT2D eigenvalue weighted by Gasteiger charge is -2.21. The summed E-state index contributed by atoms with van der Waals surface area (Å²) in [6.07, 6.45) is 2.64. The van der Waals surface area contributed by atoms with Gasteiger partial charge in [0, 0.05) is 9.75 Å². The molecule has 0 atom stereocenters. The number of nitrogens with one attached hydrogen (secondary N) is 1. The van der Waals surface area contributed by atoms with Crippen molar-refractivity contribution in [1.82, 2.24) is 5.32 Å². The van der Waals surface area contributed by atoms with Crippen LogP contribution in [-0.4, -0.2) is 13.1 Å². The Labute approximate surface area is 84.2 Å². The maximum atomic E-state index is 3.41. The number of piperidine rings is 1. The minimum absolute atomic E-state index is 0.832. The molecule has 13 heavy (non-hydrogen) atoms. The van der Waals surface area contributed by atoms with E-state index in [4.69, 9.17) is 0 Å². The van der Waals surface area contributed by atoms with Gasteiger partial charge in [0.25, 0.3) is 0 Å². The van der Waals surface area contributed by atoms with Gasteiger partial charge in [-0.3, -0.25) is 0 Å². The fourth-order valence-corrected chi connectivity index (χ4v) is 3.12. The first-order valence-electron chi connectivity index (χ1n) is 5.05. The summed E-state index contributed by atoms with van der Waals surface area (Å²) in [5.41, 5.74) is 1.47. The van der Waals surface area contributed by atoms with E-state index in [1.54, 1.807) is 4.88 Å². The normalized spacial score (nSPS) is 19.2. The Morgan fingerprint density at radius 3 is 2.54 bits per heavy atom. The molecule has 1 nitrogen and oxygen atoms in total. The first-order valence-corrected chi connectivity index (χ1v) is 5.86. The Morgan fingerprint density at radius 2 is 2.00 bits per heavy atom. The fraction of sp³-hybridized carbons (Fsp3) is 0.636. The van der Waals surface area contributed by atoms with Gasteiger partial charge in [-0.05, 0) is 57.3 Å². The molecule has 0 radical (unpaired) electrons. The smallest absolute Gasteiger partial charge is 0.00827 e. The summed E-state index contributed by atoms with van der Waals surface area (Å²) < 4.78 is 0. The van der Waals surface area contributed by atoms with Gasteiger partial charge >= 0.3 is 0 Å². The van der Waals surface area contributed by atoms with Gasteiger partial charge in [-0.2, -0.15) is 0 Å². The Bertz CT molecular complexity index is 265. The standard InChI is InChI=1S/C11H17NS/c1-8-7-11(13-9(8)2)10-3-5-12-6-4-10/h7,10,12H,3-6H2,1-2H3. The highest BCUT2D eigenvalue weighted by Crippen LogP contribution is 2.32. The summed E-state index contributed by atoms with van der Waals surface area (Å²) >= 11 is 1.99. The van der Waals surface area contributed by atoms with Gasteiger partial charge in [-0.25, -0.2) is 0 Å². The highest BCUT2D eigenvalue weighted by atomic mass is 32.1. The van der Waals surface area contributed by atoms with E-state index < -0.39 is 0 Å². The second-order valence-electron chi connectivity index (χ2n) is 3.91. The van der Waals surface area contributed by atoms with Crippen molar-refractivity contribution in [3.63, 3.8) is 0 Å². The number of aryl methyl sites for hydroxylation is 2. The number of rotatable bonds is 1. The Balaban J connectivity index is 2.14. The molecule has 2 heterocycles. The predicted molar refractivity (Wildman–Crippen MR) is 58.6 cm³/mol. The second kappa shape index (κ2) is 3.81. The largest absolute Gasteiger partial charge is 0.317 e. The molecular formula is C11H17NS. The van der Waals surface area contributed by atoms with Crippen LogP contribution in [0.15, 0.2) is 6.07 Å². The van der Waals surface area contributed by atoms with E-state index in [1.807, 2.05) is 11.3 Å². The molecule has 1 N–H and O–H groups in total. The van der Waals surface area contributed by atoms with E-state index >= 15 is 0 Å². The number of hydrogen-bond donors (Lipinski definition) is 1. The van der Waals surface area contributed by atoms with Gasteiger partial charge in [0.05, 0.1) is 0 Å². The predicted octanol–water partition coefficient (Wildman–Crippen LogP) is 2.83. The molecule has 0 amide bonds. The van der Waals surface area contributed by atoms with E-state index in [9.17, 15) is 0 Å². The topological polar surface area (TPSA) is 12.0 Å². The molecule has 0 spiro atoms. The zero-order chi connectivity index (χ0) is 9.26. The summed E-state index contributed by atoms with van der Waals surface area (Å²) in [5, 5.41) is 3.41. The Hall–Kier alpha value is -0.340. The maximum absolute atomic E-state index is 3.41. The lowest BCUT2D eigenvalue weighted by Crippen LogP contribution is -2.26. The van der Waals surface area contributed by atoms with Crippen LogP contribution in [0.4, 0.5) is 0 Å². The van der Waals surface area contributed by atoms with Gasteiger partial charge < -0.3 is 5.32 Å². The zero-order valence-corrected chi connectivity index (χ0v) is 9.21. The van der Waals surface area contributed by atoms with Crippen molar-refractivity contribution in [2.45, 2.75) is 32.6 Å². The second-order valence-corrected chi connectivity index (χ2v) is 5.20. The monoisotopic (exact) mass is 195 g/mol.